The molecule has 1 heterocycles. The first-order valence-corrected chi connectivity index (χ1v) is 9.35. The van der Waals surface area contributed by atoms with E-state index in [9.17, 15) is 22.8 Å². The van der Waals surface area contributed by atoms with Crippen LogP contribution in [-0.4, -0.2) is 21.4 Å². The number of benzene rings is 2. The van der Waals surface area contributed by atoms with E-state index in [0.717, 1.165) is 4.57 Å². The Morgan fingerprint density at radius 3 is 2.10 bits per heavy atom. The number of aromatic nitrogens is 2. The van der Waals surface area contributed by atoms with Crippen molar-refractivity contribution in [1.29, 1.82) is 0 Å². The number of nitrogens with one attached hydrogen (secondary N) is 2. The van der Waals surface area contributed by atoms with Gasteiger partial charge in [0.1, 0.15) is 6.54 Å². The quantitative estimate of drug-likeness (QED) is 0.610. The topological polar surface area (TPSA) is 76.0 Å². The molecular formula is C21H21F3N4O2. The molecule has 2 aromatic carbocycles. The smallest absolute Gasteiger partial charge is 0.326 e. The van der Waals surface area contributed by atoms with Crippen LogP contribution in [-0.2, 0) is 22.3 Å². The highest BCUT2D eigenvalue weighted by Gasteiger charge is 2.38. The number of imidazole rings is 1. The number of hydrogen-bond acceptors (Lipinski definition) is 3. The maximum Gasteiger partial charge on any atom is 0.449 e. The van der Waals surface area contributed by atoms with E-state index in [1.807, 2.05) is 13.8 Å². The van der Waals surface area contributed by atoms with Crippen molar-refractivity contribution in [2.24, 2.45) is 5.92 Å². The average Bonchev–Trinajstić information content (AvgIpc) is 3.01. The van der Waals surface area contributed by atoms with Crippen molar-refractivity contribution >= 4 is 34.2 Å². The number of amides is 2. The molecule has 0 radical (unpaired) electrons. The fraction of sp³-hybridized carbons (Fsp3) is 0.286. The van der Waals surface area contributed by atoms with Crippen LogP contribution in [0.1, 0.15) is 26.1 Å². The van der Waals surface area contributed by atoms with E-state index in [1.54, 1.807) is 36.4 Å². The van der Waals surface area contributed by atoms with Crippen molar-refractivity contribution in [3.05, 3.63) is 54.4 Å². The predicted molar refractivity (Wildman–Crippen MR) is 108 cm³/mol. The Hall–Kier alpha value is -3.36. The van der Waals surface area contributed by atoms with Gasteiger partial charge in [-0.1, -0.05) is 26.0 Å². The number of rotatable bonds is 6. The standard InChI is InChI=1S/C21H21F3N4O2/c1-13(2)11-18(29)25-14-7-9-15(10-8-14)26-19(30)12-28-17-6-4-3-5-16(17)27-20(28)21(22,23)24/h3-10,13H,11-12H2,1-2H3,(H,25,29)(H,26,30). The van der Waals surface area contributed by atoms with E-state index < -0.39 is 24.5 Å². The van der Waals surface area contributed by atoms with Crippen LogP contribution in [0, 0.1) is 5.92 Å². The van der Waals surface area contributed by atoms with E-state index in [-0.39, 0.29) is 22.9 Å². The third-order valence-corrected chi connectivity index (χ3v) is 4.26. The number of alkyl halides is 3. The Bertz CT molecular complexity index is 1060. The lowest BCUT2D eigenvalue weighted by Gasteiger charge is -2.12. The zero-order chi connectivity index (χ0) is 21.9. The number of fused-ring (bicyclic) bond motifs is 1. The molecule has 6 nitrogen and oxygen atoms in total. The second-order valence-electron chi connectivity index (χ2n) is 7.28. The Labute approximate surface area is 171 Å². The number of halogens is 3. The molecule has 3 aromatic rings. The van der Waals surface area contributed by atoms with Gasteiger partial charge in [0.25, 0.3) is 0 Å². The van der Waals surface area contributed by atoms with Crippen molar-refractivity contribution in [1.82, 2.24) is 9.55 Å². The van der Waals surface area contributed by atoms with Gasteiger partial charge in [0.05, 0.1) is 11.0 Å². The molecule has 2 amide bonds. The van der Waals surface area contributed by atoms with Crippen LogP contribution in [0.15, 0.2) is 48.5 Å². The summed E-state index contributed by atoms with van der Waals surface area (Å²) in [5, 5.41) is 5.31. The molecule has 0 unspecified atom stereocenters. The predicted octanol–water partition coefficient (Wildman–Crippen LogP) is 4.68. The highest BCUT2D eigenvalue weighted by molar-refractivity contribution is 5.93. The molecule has 0 aliphatic carbocycles. The van der Waals surface area contributed by atoms with Gasteiger partial charge in [0.15, 0.2) is 0 Å². The van der Waals surface area contributed by atoms with Gasteiger partial charge in [0.2, 0.25) is 17.6 Å². The van der Waals surface area contributed by atoms with E-state index in [2.05, 4.69) is 15.6 Å². The Balaban J connectivity index is 1.71. The van der Waals surface area contributed by atoms with Crippen molar-refractivity contribution in [3.63, 3.8) is 0 Å². The van der Waals surface area contributed by atoms with E-state index >= 15 is 0 Å². The maximum atomic E-state index is 13.3. The SMILES string of the molecule is CC(C)CC(=O)Nc1ccc(NC(=O)Cn2c(C(F)(F)F)nc3ccccc32)cc1. The molecule has 3 rings (SSSR count). The molecule has 2 N–H and O–H groups in total. The number of nitrogens with zero attached hydrogens (tertiary/aromatic N) is 2. The molecule has 1 aromatic heterocycles. The van der Waals surface area contributed by atoms with Crippen LogP contribution >= 0.6 is 0 Å². The minimum atomic E-state index is -4.69. The second-order valence-corrected chi connectivity index (χ2v) is 7.28. The summed E-state index contributed by atoms with van der Waals surface area (Å²) in [5.41, 5.74) is 1.36. The second kappa shape index (κ2) is 8.56. The maximum absolute atomic E-state index is 13.3. The minimum Gasteiger partial charge on any atom is -0.326 e. The fourth-order valence-corrected chi connectivity index (χ4v) is 3.02. The van der Waals surface area contributed by atoms with Gasteiger partial charge in [-0.3, -0.25) is 9.59 Å². The van der Waals surface area contributed by atoms with Crippen LogP contribution in [0.25, 0.3) is 11.0 Å². The molecule has 30 heavy (non-hydrogen) atoms. The first-order valence-electron chi connectivity index (χ1n) is 9.35. The number of carbonyl (C=O) groups excluding carboxylic acids is 2. The highest BCUT2D eigenvalue weighted by atomic mass is 19.4. The van der Waals surface area contributed by atoms with E-state index in [4.69, 9.17) is 0 Å². The lowest BCUT2D eigenvalue weighted by atomic mass is 10.1. The van der Waals surface area contributed by atoms with Gasteiger partial charge in [0, 0.05) is 17.8 Å². The summed E-state index contributed by atoms with van der Waals surface area (Å²) in [7, 11) is 0. The van der Waals surface area contributed by atoms with E-state index in [1.165, 1.54) is 12.1 Å². The van der Waals surface area contributed by atoms with Gasteiger partial charge in [-0.2, -0.15) is 13.2 Å². The summed E-state index contributed by atoms with van der Waals surface area (Å²) < 4.78 is 40.9. The molecule has 9 heteroatoms. The van der Waals surface area contributed by atoms with Crippen molar-refractivity contribution < 1.29 is 22.8 Å². The summed E-state index contributed by atoms with van der Waals surface area (Å²) >= 11 is 0. The van der Waals surface area contributed by atoms with Gasteiger partial charge in [-0.25, -0.2) is 4.98 Å². The van der Waals surface area contributed by atoms with Gasteiger partial charge >= 0.3 is 6.18 Å². The zero-order valence-corrected chi connectivity index (χ0v) is 16.5. The number of hydrogen-bond donors (Lipinski definition) is 2. The average molecular weight is 418 g/mol. The highest BCUT2D eigenvalue weighted by Crippen LogP contribution is 2.31. The first kappa shape index (κ1) is 21.4. The molecule has 0 spiro atoms. The molecule has 0 aliphatic rings. The van der Waals surface area contributed by atoms with Gasteiger partial charge < -0.3 is 15.2 Å². The largest absolute Gasteiger partial charge is 0.449 e. The molecular weight excluding hydrogens is 397 g/mol. The Morgan fingerprint density at radius 1 is 0.967 bits per heavy atom. The van der Waals surface area contributed by atoms with Gasteiger partial charge in [-0.05, 0) is 42.3 Å². The molecule has 0 atom stereocenters. The van der Waals surface area contributed by atoms with E-state index in [0.29, 0.717) is 17.8 Å². The Morgan fingerprint density at radius 2 is 1.53 bits per heavy atom. The van der Waals surface area contributed by atoms with Gasteiger partial charge in [-0.15, -0.1) is 0 Å². The number of anilines is 2. The van der Waals surface area contributed by atoms with Crippen molar-refractivity contribution in [2.45, 2.75) is 33.0 Å². The molecule has 158 valence electrons. The summed E-state index contributed by atoms with van der Waals surface area (Å²) in [6.45, 7) is 3.33. The normalized spacial score (nSPS) is 11.7. The van der Waals surface area contributed by atoms with Crippen LogP contribution in [0.5, 0.6) is 0 Å². The lowest BCUT2D eigenvalue weighted by Crippen LogP contribution is -2.23. The van der Waals surface area contributed by atoms with Crippen LogP contribution in [0.2, 0.25) is 0 Å². The number of para-hydroxylation sites is 2. The molecule has 0 saturated heterocycles. The summed E-state index contributed by atoms with van der Waals surface area (Å²) in [5.74, 6) is -1.64. The number of carbonyl (C=O) groups is 2. The minimum absolute atomic E-state index is 0.117. The first-order chi connectivity index (χ1) is 14.1. The molecule has 0 saturated carbocycles. The Kier molecular flexibility index (Phi) is 6.09. The zero-order valence-electron chi connectivity index (χ0n) is 16.5. The van der Waals surface area contributed by atoms with Crippen molar-refractivity contribution in [3.8, 4) is 0 Å². The van der Waals surface area contributed by atoms with Crippen LogP contribution in [0.4, 0.5) is 24.5 Å². The summed E-state index contributed by atoms with van der Waals surface area (Å²) in [4.78, 5) is 27.8. The summed E-state index contributed by atoms with van der Waals surface area (Å²) in [6, 6.07) is 12.5. The third kappa shape index (κ3) is 5.16. The third-order valence-electron chi connectivity index (χ3n) is 4.26. The van der Waals surface area contributed by atoms with Crippen molar-refractivity contribution in [2.75, 3.05) is 10.6 Å². The molecule has 0 fully saturated rings. The molecule has 0 aliphatic heterocycles. The van der Waals surface area contributed by atoms with Crippen LogP contribution < -0.4 is 10.6 Å². The van der Waals surface area contributed by atoms with Crippen LogP contribution in [0.3, 0.4) is 0 Å². The summed E-state index contributed by atoms with van der Waals surface area (Å²) in [6.07, 6.45) is -4.30. The monoisotopic (exact) mass is 418 g/mol. The molecule has 0 bridgehead atoms. The fourth-order valence-electron chi connectivity index (χ4n) is 3.02. The lowest BCUT2D eigenvalue weighted by molar-refractivity contribution is -0.147.